The summed E-state index contributed by atoms with van der Waals surface area (Å²) >= 11 is 0. The Balaban J connectivity index is 1.92. The quantitative estimate of drug-likeness (QED) is 0.930. The van der Waals surface area contributed by atoms with Gasteiger partial charge in [0, 0.05) is 24.3 Å². The number of rotatable bonds is 3. The number of amides is 1. The van der Waals surface area contributed by atoms with Crippen molar-refractivity contribution in [2.75, 3.05) is 9.62 Å². The van der Waals surface area contributed by atoms with Crippen LogP contribution in [0.25, 0.3) is 0 Å². The van der Waals surface area contributed by atoms with Crippen LogP contribution in [0.3, 0.4) is 0 Å². The molecule has 1 N–H and O–H groups in total. The zero-order valence-corrected chi connectivity index (χ0v) is 14.7. The van der Waals surface area contributed by atoms with E-state index in [1.165, 1.54) is 6.92 Å². The normalized spacial score (nSPS) is 16.8. The van der Waals surface area contributed by atoms with E-state index < -0.39 is 10.0 Å². The Morgan fingerprint density at radius 1 is 1.17 bits per heavy atom. The first-order chi connectivity index (χ1) is 11.3. The smallest absolute Gasteiger partial charge is 0.261 e. The van der Waals surface area contributed by atoms with Gasteiger partial charge in [-0.1, -0.05) is 17.7 Å². The largest absolute Gasteiger partial charge is 0.309 e. The third-order valence-corrected chi connectivity index (χ3v) is 5.60. The number of anilines is 2. The maximum absolute atomic E-state index is 12.6. The van der Waals surface area contributed by atoms with Crippen LogP contribution < -0.4 is 9.62 Å². The van der Waals surface area contributed by atoms with Crippen LogP contribution in [-0.4, -0.2) is 20.4 Å². The molecule has 1 aliphatic rings. The number of benzene rings is 2. The van der Waals surface area contributed by atoms with Crippen molar-refractivity contribution in [3.8, 4) is 0 Å². The highest BCUT2D eigenvalue weighted by Crippen LogP contribution is 2.34. The molecule has 1 unspecified atom stereocenters. The van der Waals surface area contributed by atoms with Gasteiger partial charge in [-0.3, -0.25) is 9.52 Å². The Labute approximate surface area is 142 Å². The molecular formula is C18H20N2O3S. The molecule has 2 aromatic carbocycles. The molecule has 0 aromatic heterocycles. The molecule has 5 nitrogen and oxygen atoms in total. The highest BCUT2D eigenvalue weighted by Gasteiger charge is 2.30. The molecule has 0 spiro atoms. The van der Waals surface area contributed by atoms with E-state index in [1.807, 2.05) is 26.0 Å². The lowest BCUT2D eigenvalue weighted by molar-refractivity contribution is -0.116. The molecule has 0 saturated heterocycles. The number of hydrogen-bond acceptors (Lipinski definition) is 3. The Kier molecular flexibility index (Phi) is 4.09. The fraction of sp³-hybridized carbons (Fsp3) is 0.278. The van der Waals surface area contributed by atoms with Gasteiger partial charge in [0.2, 0.25) is 5.91 Å². The average Bonchev–Trinajstić information content (AvgIpc) is 2.84. The molecule has 1 heterocycles. The van der Waals surface area contributed by atoms with Gasteiger partial charge >= 0.3 is 0 Å². The summed E-state index contributed by atoms with van der Waals surface area (Å²) in [6, 6.07) is 12.1. The molecule has 1 aliphatic heterocycles. The zero-order chi connectivity index (χ0) is 17.5. The summed E-state index contributed by atoms with van der Waals surface area (Å²) in [5.74, 6) is -0.0327. The number of nitrogens with one attached hydrogen (secondary N) is 1. The summed E-state index contributed by atoms with van der Waals surface area (Å²) in [6.45, 7) is 5.43. The number of carbonyl (C=O) groups excluding carboxylic acids is 1. The fourth-order valence-corrected chi connectivity index (χ4v) is 4.20. The molecule has 0 aliphatic carbocycles. The standard InChI is InChI=1S/C18H20N2O3S/c1-12-4-6-16(7-5-12)19-24(22,23)17-8-9-18-15(11-17)10-13(2)20(18)14(3)21/h4-9,11,13,19H,10H2,1-3H3. The van der Waals surface area contributed by atoms with Gasteiger partial charge in [0.15, 0.2) is 0 Å². The highest BCUT2D eigenvalue weighted by atomic mass is 32.2. The predicted molar refractivity (Wildman–Crippen MR) is 94.8 cm³/mol. The Hall–Kier alpha value is -2.34. The van der Waals surface area contributed by atoms with Gasteiger partial charge in [-0.25, -0.2) is 8.42 Å². The number of nitrogens with zero attached hydrogens (tertiary/aromatic N) is 1. The van der Waals surface area contributed by atoms with Crippen LogP contribution in [0.2, 0.25) is 0 Å². The molecule has 0 saturated carbocycles. The lowest BCUT2D eigenvalue weighted by Crippen LogP contribution is -2.33. The van der Waals surface area contributed by atoms with E-state index in [1.54, 1.807) is 35.2 Å². The van der Waals surface area contributed by atoms with Crippen molar-refractivity contribution in [1.82, 2.24) is 0 Å². The molecule has 1 amide bonds. The van der Waals surface area contributed by atoms with Crippen LogP contribution in [0.1, 0.15) is 25.0 Å². The second kappa shape index (κ2) is 5.94. The van der Waals surface area contributed by atoms with Crippen LogP contribution in [0.15, 0.2) is 47.4 Å². The first kappa shape index (κ1) is 16.5. The fourth-order valence-electron chi connectivity index (χ4n) is 3.09. The van der Waals surface area contributed by atoms with Crippen molar-refractivity contribution in [2.45, 2.75) is 38.1 Å². The SMILES string of the molecule is CC(=O)N1c2ccc(S(=O)(=O)Nc3ccc(C)cc3)cc2CC1C. The average molecular weight is 344 g/mol. The summed E-state index contributed by atoms with van der Waals surface area (Å²) < 4.78 is 27.8. The van der Waals surface area contributed by atoms with E-state index in [-0.39, 0.29) is 16.8 Å². The lowest BCUT2D eigenvalue weighted by atomic mass is 10.1. The van der Waals surface area contributed by atoms with E-state index in [4.69, 9.17) is 0 Å². The van der Waals surface area contributed by atoms with Gasteiger partial charge in [-0.05, 0) is 56.2 Å². The summed E-state index contributed by atoms with van der Waals surface area (Å²) in [7, 11) is -3.66. The number of hydrogen-bond donors (Lipinski definition) is 1. The maximum Gasteiger partial charge on any atom is 0.261 e. The van der Waals surface area contributed by atoms with Gasteiger partial charge < -0.3 is 4.90 Å². The first-order valence-electron chi connectivity index (χ1n) is 7.80. The second-order valence-electron chi connectivity index (χ2n) is 6.20. The van der Waals surface area contributed by atoms with Crippen molar-refractivity contribution in [2.24, 2.45) is 0 Å². The minimum atomic E-state index is -3.66. The van der Waals surface area contributed by atoms with Crippen molar-refractivity contribution in [1.29, 1.82) is 0 Å². The topological polar surface area (TPSA) is 66.5 Å². The van der Waals surface area contributed by atoms with E-state index in [9.17, 15) is 13.2 Å². The zero-order valence-electron chi connectivity index (χ0n) is 13.9. The molecule has 6 heteroatoms. The van der Waals surface area contributed by atoms with E-state index in [0.717, 1.165) is 16.8 Å². The van der Waals surface area contributed by atoms with Crippen LogP contribution in [0.5, 0.6) is 0 Å². The van der Waals surface area contributed by atoms with Crippen LogP contribution in [0, 0.1) is 6.92 Å². The third-order valence-electron chi connectivity index (χ3n) is 4.22. The van der Waals surface area contributed by atoms with Crippen LogP contribution >= 0.6 is 0 Å². The van der Waals surface area contributed by atoms with Gasteiger partial charge in [-0.15, -0.1) is 0 Å². The number of sulfonamides is 1. The Morgan fingerprint density at radius 3 is 2.46 bits per heavy atom. The Bertz CT molecular complexity index is 889. The summed E-state index contributed by atoms with van der Waals surface area (Å²) in [5.41, 5.74) is 3.27. The van der Waals surface area contributed by atoms with E-state index in [2.05, 4.69) is 4.72 Å². The molecule has 0 bridgehead atoms. The van der Waals surface area contributed by atoms with Crippen LogP contribution in [0.4, 0.5) is 11.4 Å². The number of carbonyl (C=O) groups is 1. The van der Waals surface area contributed by atoms with E-state index >= 15 is 0 Å². The van der Waals surface area contributed by atoms with Gasteiger partial charge in [-0.2, -0.15) is 0 Å². The maximum atomic E-state index is 12.6. The van der Waals surface area contributed by atoms with Crippen molar-refractivity contribution < 1.29 is 13.2 Å². The Morgan fingerprint density at radius 2 is 1.83 bits per heavy atom. The summed E-state index contributed by atoms with van der Waals surface area (Å²) in [5, 5.41) is 0. The van der Waals surface area contributed by atoms with E-state index in [0.29, 0.717) is 12.1 Å². The van der Waals surface area contributed by atoms with Gasteiger partial charge in [0.1, 0.15) is 0 Å². The molecule has 2 aromatic rings. The predicted octanol–water partition coefficient (Wildman–Crippen LogP) is 3.09. The van der Waals surface area contributed by atoms with Crippen molar-refractivity contribution in [3.05, 3.63) is 53.6 Å². The molecule has 126 valence electrons. The minimum Gasteiger partial charge on any atom is -0.309 e. The highest BCUT2D eigenvalue weighted by molar-refractivity contribution is 7.92. The van der Waals surface area contributed by atoms with Crippen molar-refractivity contribution >= 4 is 27.3 Å². The monoisotopic (exact) mass is 344 g/mol. The number of aryl methyl sites for hydroxylation is 1. The lowest BCUT2D eigenvalue weighted by Gasteiger charge is -2.20. The summed E-state index contributed by atoms with van der Waals surface area (Å²) in [6.07, 6.45) is 0.656. The third kappa shape index (κ3) is 3.01. The molecule has 0 fully saturated rings. The summed E-state index contributed by atoms with van der Waals surface area (Å²) in [4.78, 5) is 13.7. The van der Waals surface area contributed by atoms with Gasteiger partial charge in [0.05, 0.1) is 4.90 Å². The van der Waals surface area contributed by atoms with Gasteiger partial charge in [0.25, 0.3) is 10.0 Å². The molecule has 24 heavy (non-hydrogen) atoms. The molecule has 3 rings (SSSR count). The minimum absolute atomic E-state index is 0.0327. The molecule has 0 radical (unpaired) electrons. The van der Waals surface area contributed by atoms with Crippen molar-refractivity contribution in [3.63, 3.8) is 0 Å². The number of fused-ring (bicyclic) bond motifs is 1. The first-order valence-corrected chi connectivity index (χ1v) is 9.28. The molecule has 1 atom stereocenters. The second-order valence-corrected chi connectivity index (χ2v) is 7.89. The van der Waals surface area contributed by atoms with Crippen LogP contribution in [-0.2, 0) is 21.2 Å². The molecular weight excluding hydrogens is 324 g/mol.